The Balaban J connectivity index is 2.10. The average Bonchev–Trinajstić information content (AvgIpc) is 2.75. The lowest BCUT2D eigenvalue weighted by molar-refractivity contribution is 0.0997. The van der Waals surface area contributed by atoms with E-state index in [9.17, 15) is 4.79 Å². The predicted molar refractivity (Wildman–Crippen MR) is 53.2 cm³/mol. The Morgan fingerprint density at radius 3 is 3.00 bits per heavy atom. The molecule has 0 spiro atoms. The highest BCUT2D eigenvalue weighted by atomic mass is 32.1. The zero-order valence-corrected chi connectivity index (χ0v) is 7.88. The summed E-state index contributed by atoms with van der Waals surface area (Å²) in [7, 11) is 0. The van der Waals surface area contributed by atoms with E-state index in [2.05, 4.69) is 10.3 Å². The Hall–Kier alpha value is -1.82. The third-order valence-electron chi connectivity index (χ3n) is 1.50. The topological polar surface area (TPSA) is 81.2 Å². The number of furan rings is 1. The first-order chi connectivity index (χ1) is 6.75. The minimum absolute atomic E-state index is 0.178. The van der Waals surface area contributed by atoms with Crippen LogP contribution in [0.3, 0.4) is 0 Å². The zero-order chi connectivity index (χ0) is 9.97. The number of carbonyl (C=O) groups is 1. The molecule has 5 nitrogen and oxygen atoms in total. The summed E-state index contributed by atoms with van der Waals surface area (Å²) >= 11 is 1.34. The largest absolute Gasteiger partial charge is 0.436 e. The van der Waals surface area contributed by atoms with Gasteiger partial charge < -0.3 is 10.2 Å². The first-order valence-corrected chi connectivity index (χ1v) is 4.70. The molecular formula is C8H7N3O2S. The van der Waals surface area contributed by atoms with Crippen molar-refractivity contribution >= 4 is 28.3 Å². The fraction of sp³-hybridized carbons (Fsp3) is 0. The van der Waals surface area contributed by atoms with Crippen LogP contribution in [0.15, 0.2) is 28.1 Å². The second kappa shape index (κ2) is 3.51. The number of thiazole rings is 1. The Bertz CT molecular complexity index is 435. The molecule has 72 valence electrons. The van der Waals surface area contributed by atoms with E-state index in [4.69, 9.17) is 10.2 Å². The van der Waals surface area contributed by atoms with E-state index in [1.807, 2.05) is 0 Å². The fourth-order valence-corrected chi connectivity index (χ4v) is 1.44. The summed E-state index contributed by atoms with van der Waals surface area (Å²) in [6.45, 7) is 0. The molecular weight excluding hydrogens is 202 g/mol. The Morgan fingerprint density at radius 2 is 2.43 bits per heavy atom. The van der Waals surface area contributed by atoms with Crippen LogP contribution in [0.1, 0.15) is 10.6 Å². The number of amides is 1. The standard InChI is InChI=1S/C8H7N3O2S/c9-6-2-1-5(13-6)7(12)11-8-10-3-4-14-8/h1-4H,9H2,(H,10,11,12). The van der Waals surface area contributed by atoms with Gasteiger partial charge in [-0.1, -0.05) is 0 Å². The van der Waals surface area contributed by atoms with Crippen molar-refractivity contribution in [2.24, 2.45) is 0 Å². The van der Waals surface area contributed by atoms with Gasteiger partial charge in [-0.15, -0.1) is 11.3 Å². The maximum absolute atomic E-state index is 11.4. The summed E-state index contributed by atoms with van der Waals surface area (Å²) < 4.78 is 4.94. The number of nitrogen functional groups attached to an aromatic ring is 1. The van der Waals surface area contributed by atoms with Gasteiger partial charge >= 0.3 is 0 Å². The molecule has 0 saturated heterocycles. The van der Waals surface area contributed by atoms with Gasteiger partial charge in [0.1, 0.15) is 0 Å². The van der Waals surface area contributed by atoms with E-state index in [-0.39, 0.29) is 17.6 Å². The summed E-state index contributed by atoms with van der Waals surface area (Å²) in [6, 6.07) is 3.04. The summed E-state index contributed by atoms with van der Waals surface area (Å²) in [5.41, 5.74) is 5.33. The van der Waals surface area contributed by atoms with Crippen LogP contribution in [0.4, 0.5) is 11.0 Å². The first-order valence-electron chi connectivity index (χ1n) is 3.82. The van der Waals surface area contributed by atoms with Crippen LogP contribution in [0, 0.1) is 0 Å². The molecule has 0 aliphatic heterocycles. The second-order valence-electron chi connectivity index (χ2n) is 2.49. The third-order valence-corrected chi connectivity index (χ3v) is 2.19. The van der Waals surface area contributed by atoms with Crippen LogP contribution in [0.25, 0.3) is 0 Å². The molecule has 0 radical (unpaired) electrons. The van der Waals surface area contributed by atoms with E-state index < -0.39 is 0 Å². The first kappa shape index (κ1) is 8.76. The fourth-order valence-electron chi connectivity index (χ4n) is 0.919. The molecule has 0 bridgehead atoms. The van der Waals surface area contributed by atoms with Crippen LogP contribution >= 0.6 is 11.3 Å². The van der Waals surface area contributed by atoms with Crippen LogP contribution < -0.4 is 11.1 Å². The maximum atomic E-state index is 11.4. The molecule has 3 N–H and O–H groups in total. The molecule has 0 aliphatic carbocycles. The summed E-state index contributed by atoms with van der Waals surface area (Å²) in [4.78, 5) is 15.3. The number of nitrogens with one attached hydrogen (secondary N) is 1. The van der Waals surface area contributed by atoms with Crippen molar-refractivity contribution < 1.29 is 9.21 Å². The molecule has 0 saturated carbocycles. The normalized spacial score (nSPS) is 10.0. The van der Waals surface area contributed by atoms with Crippen LogP contribution in [-0.2, 0) is 0 Å². The lowest BCUT2D eigenvalue weighted by Crippen LogP contribution is -2.10. The molecule has 2 rings (SSSR count). The van der Waals surface area contributed by atoms with Crippen molar-refractivity contribution in [1.82, 2.24) is 4.98 Å². The highest BCUT2D eigenvalue weighted by Gasteiger charge is 2.10. The van der Waals surface area contributed by atoms with Crippen molar-refractivity contribution in [3.05, 3.63) is 29.5 Å². The summed E-state index contributed by atoms with van der Waals surface area (Å²) in [6.07, 6.45) is 1.61. The summed E-state index contributed by atoms with van der Waals surface area (Å²) in [5.74, 6) is 0.0450. The van der Waals surface area contributed by atoms with Crippen molar-refractivity contribution in [2.75, 3.05) is 11.1 Å². The van der Waals surface area contributed by atoms with Gasteiger partial charge in [0.15, 0.2) is 16.8 Å². The quantitative estimate of drug-likeness (QED) is 0.786. The van der Waals surface area contributed by atoms with E-state index in [1.165, 1.54) is 23.5 Å². The van der Waals surface area contributed by atoms with Crippen LogP contribution in [-0.4, -0.2) is 10.9 Å². The molecule has 14 heavy (non-hydrogen) atoms. The molecule has 0 aliphatic rings. The number of hydrogen-bond donors (Lipinski definition) is 2. The minimum atomic E-state index is -0.350. The lowest BCUT2D eigenvalue weighted by atomic mass is 10.4. The van der Waals surface area contributed by atoms with Gasteiger partial charge in [0.2, 0.25) is 0 Å². The van der Waals surface area contributed by atoms with Gasteiger partial charge in [0, 0.05) is 17.6 Å². The predicted octanol–water partition coefficient (Wildman–Crippen LogP) is 1.57. The Labute approximate surface area is 83.6 Å². The van der Waals surface area contributed by atoms with Crippen molar-refractivity contribution in [1.29, 1.82) is 0 Å². The second-order valence-corrected chi connectivity index (χ2v) is 3.39. The zero-order valence-electron chi connectivity index (χ0n) is 7.06. The molecule has 2 heterocycles. The molecule has 6 heteroatoms. The molecule has 0 fully saturated rings. The number of carbonyl (C=O) groups excluding carboxylic acids is 1. The minimum Gasteiger partial charge on any atom is -0.436 e. The number of nitrogens with zero attached hydrogens (tertiary/aromatic N) is 1. The molecule has 0 unspecified atom stereocenters. The monoisotopic (exact) mass is 209 g/mol. The smallest absolute Gasteiger partial charge is 0.293 e. The van der Waals surface area contributed by atoms with Gasteiger partial charge in [-0.3, -0.25) is 10.1 Å². The summed E-state index contributed by atoms with van der Waals surface area (Å²) in [5, 5.41) is 4.87. The van der Waals surface area contributed by atoms with Crippen LogP contribution in [0.2, 0.25) is 0 Å². The van der Waals surface area contributed by atoms with Crippen molar-refractivity contribution in [3.63, 3.8) is 0 Å². The number of hydrogen-bond acceptors (Lipinski definition) is 5. The lowest BCUT2D eigenvalue weighted by Gasteiger charge is -1.96. The third kappa shape index (κ3) is 1.74. The Morgan fingerprint density at radius 1 is 1.57 bits per heavy atom. The SMILES string of the molecule is Nc1ccc(C(=O)Nc2nccs2)o1. The number of anilines is 2. The highest BCUT2D eigenvalue weighted by Crippen LogP contribution is 2.14. The van der Waals surface area contributed by atoms with Gasteiger partial charge in [-0.25, -0.2) is 4.98 Å². The van der Waals surface area contributed by atoms with E-state index in [0.717, 1.165) is 0 Å². The average molecular weight is 209 g/mol. The highest BCUT2D eigenvalue weighted by molar-refractivity contribution is 7.13. The van der Waals surface area contributed by atoms with Gasteiger partial charge in [-0.05, 0) is 6.07 Å². The van der Waals surface area contributed by atoms with Gasteiger partial charge in [-0.2, -0.15) is 0 Å². The molecule has 0 atom stereocenters. The van der Waals surface area contributed by atoms with Crippen LogP contribution in [0.5, 0.6) is 0 Å². The van der Waals surface area contributed by atoms with Gasteiger partial charge in [0.05, 0.1) is 0 Å². The van der Waals surface area contributed by atoms with E-state index in [1.54, 1.807) is 11.6 Å². The van der Waals surface area contributed by atoms with Gasteiger partial charge in [0.25, 0.3) is 5.91 Å². The molecule has 1 amide bonds. The van der Waals surface area contributed by atoms with Crippen molar-refractivity contribution in [3.8, 4) is 0 Å². The number of aromatic nitrogens is 1. The Kier molecular flexibility index (Phi) is 2.19. The number of rotatable bonds is 2. The maximum Gasteiger partial charge on any atom is 0.293 e. The van der Waals surface area contributed by atoms with E-state index in [0.29, 0.717) is 5.13 Å². The molecule has 0 aromatic carbocycles. The molecule has 2 aromatic rings. The van der Waals surface area contributed by atoms with E-state index >= 15 is 0 Å². The molecule has 2 aromatic heterocycles. The van der Waals surface area contributed by atoms with Crippen molar-refractivity contribution in [2.45, 2.75) is 0 Å². The number of nitrogens with two attached hydrogens (primary N) is 1.